The maximum Gasteiger partial charge on any atom is 0.251 e. The van der Waals surface area contributed by atoms with Crippen molar-refractivity contribution < 1.29 is 9.53 Å². The maximum atomic E-state index is 11.7. The first-order valence-electron chi connectivity index (χ1n) is 7.42. The zero-order valence-electron chi connectivity index (χ0n) is 13.3. The maximum absolute atomic E-state index is 11.7. The van der Waals surface area contributed by atoms with E-state index >= 15 is 0 Å². The Bertz CT molecular complexity index is 684. The minimum Gasteiger partial charge on any atom is -0.492 e. The molecule has 2 aromatic rings. The van der Waals surface area contributed by atoms with Gasteiger partial charge in [0.15, 0.2) is 0 Å². The molecule has 2 aromatic carbocycles. The fraction of sp³-hybridized carbons (Fsp3) is 0.278. The van der Waals surface area contributed by atoms with Crippen molar-refractivity contribution in [2.75, 3.05) is 27.2 Å². The first-order chi connectivity index (χ1) is 10.6. The largest absolute Gasteiger partial charge is 0.492 e. The molecule has 0 saturated heterocycles. The fourth-order valence-corrected chi connectivity index (χ4v) is 2.48. The molecule has 4 nitrogen and oxygen atoms in total. The molecular formula is C18H21ClN2O2. The van der Waals surface area contributed by atoms with Crippen LogP contribution in [0.1, 0.15) is 15.9 Å². The van der Waals surface area contributed by atoms with Crippen LogP contribution in [0.25, 0.3) is 11.1 Å². The Kier molecular flexibility index (Phi) is 5.64. The second-order valence-corrected chi connectivity index (χ2v) is 5.73. The predicted molar refractivity (Wildman–Crippen MR) is 94.3 cm³/mol. The monoisotopic (exact) mass is 332 g/mol. The number of likely N-dealkylation sites (N-methyl/N-ethyl adjacent to an activating group) is 1. The molecule has 0 unspecified atom stereocenters. The summed E-state index contributed by atoms with van der Waals surface area (Å²) in [7, 11) is 4.05. The van der Waals surface area contributed by atoms with Crippen LogP contribution in [0.2, 0.25) is 0 Å². The van der Waals surface area contributed by atoms with Crippen LogP contribution in [0.3, 0.4) is 0 Å². The van der Waals surface area contributed by atoms with E-state index in [0.717, 1.165) is 34.5 Å². The highest BCUT2D eigenvalue weighted by atomic mass is 35.5. The average molecular weight is 333 g/mol. The number of carbonyl (C=O) groups excluding carboxylic acids is 1. The van der Waals surface area contributed by atoms with Gasteiger partial charge in [0.05, 0.1) is 0 Å². The molecule has 1 N–H and O–H groups in total. The third kappa shape index (κ3) is 4.03. The van der Waals surface area contributed by atoms with Gasteiger partial charge in [0, 0.05) is 18.7 Å². The summed E-state index contributed by atoms with van der Waals surface area (Å²) in [5.74, 6) is 0.880. The first kappa shape index (κ1) is 17.3. The second-order valence-electron chi connectivity index (χ2n) is 5.73. The Morgan fingerprint density at radius 2 is 1.78 bits per heavy atom. The minimum absolute atomic E-state index is 0. The molecule has 1 aliphatic heterocycles. The van der Waals surface area contributed by atoms with Crippen LogP contribution in [-0.4, -0.2) is 38.1 Å². The van der Waals surface area contributed by atoms with E-state index in [2.05, 4.69) is 16.3 Å². The number of ether oxygens (including phenoxy) is 1. The molecule has 1 amide bonds. The van der Waals surface area contributed by atoms with E-state index in [1.807, 2.05) is 50.5 Å². The number of hydrogen-bond acceptors (Lipinski definition) is 3. The van der Waals surface area contributed by atoms with E-state index in [0.29, 0.717) is 13.2 Å². The van der Waals surface area contributed by atoms with E-state index in [9.17, 15) is 4.79 Å². The van der Waals surface area contributed by atoms with Gasteiger partial charge in [-0.2, -0.15) is 0 Å². The molecule has 1 heterocycles. The van der Waals surface area contributed by atoms with Gasteiger partial charge in [-0.05, 0) is 49.0 Å². The summed E-state index contributed by atoms with van der Waals surface area (Å²) in [5.41, 5.74) is 3.99. The molecule has 0 aromatic heterocycles. The molecule has 23 heavy (non-hydrogen) atoms. The van der Waals surface area contributed by atoms with Crippen LogP contribution >= 0.6 is 12.4 Å². The van der Waals surface area contributed by atoms with E-state index in [-0.39, 0.29) is 18.3 Å². The Hall–Kier alpha value is -2.04. The Balaban J connectivity index is 0.00000192. The van der Waals surface area contributed by atoms with E-state index in [1.54, 1.807) is 0 Å². The van der Waals surface area contributed by atoms with Gasteiger partial charge >= 0.3 is 0 Å². The first-order valence-corrected chi connectivity index (χ1v) is 7.42. The third-order valence-corrected chi connectivity index (χ3v) is 3.79. The average Bonchev–Trinajstić information content (AvgIpc) is 2.89. The van der Waals surface area contributed by atoms with Crippen LogP contribution in [0.15, 0.2) is 42.5 Å². The third-order valence-electron chi connectivity index (χ3n) is 3.79. The van der Waals surface area contributed by atoms with E-state index < -0.39 is 0 Å². The number of nitrogens with zero attached hydrogens (tertiary/aromatic N) is 1. The highest BCUT2D eigenvalue weighted by molar-refractivity contribution is 5.99. The number of amides is 1. The van der Waals surface area contributed by atoms with Gasteiger partial charge in [0.1, 0.15) is 12.4 Å². The van der Waals surface area contributed by atoms with Gasteiger partial charge in [-0.15, -0.1) is 12.4 Å². The number of hydrogen-bond donors (Lipinski definition) is 1. The van der Waals surface area contributed by atoms with E-state index in [1.165, 1.54) is 0 Å². The lowest BCUT2D eigenvalue weighted by Gasteiger charge is -2.11. The van der Waals surface area contributed by atoms with Gasteiger partial charge in [0.2, 0.25) is 0 Å². The molecule has 0 aliphatic carbocycles. The minimum atomic E-state index is 0. The molecule has 0 fully saturated rings. The second kappa shape index (κ2) is 7.49. The number of carbonyl (C=O) groups is 1. The predicted octanol–water partition coefficient (Wildman–Crippen LogP) is 2.96. The van der Waals surface area contributed by atoms with Crippen molar-refractivity contribution in [3.8, 4) is 16.9 Å². The number of rotatable bonds is 5. The van der Waals surface area contributed by atoms with Gasteiger partial charge in [0.25, 0.3) is 5.91 Å². The van der Waals surface area contributed by atoms with Crippen molar-refractivity contribution in [1.29, 1.82) is 0 Å². The van der Waals surface area contributed by atoms with Crippen LogP contribution in [0.5, 0.6) is 5.75 Å². The number of halogens is 1. The van der Waals surface area contributed by atoms with Crippen LogP contribution < -0.4 is 10.1 Å². The highest BCUT2D eigenvalue weighted by Crippen LogP contribution is 2.26. The molecule has 0 bridgehead atoms. The summed E-state index contributed by atoms with van der Waals surface area (Å²) in [6, 6.07) is 14.0. The SMILES string of the molecule is CN(C)CCOc1ccc(-c2ccc3c(c2)C(=O)NC3)cc1.Cl. The van der Waals surface area contributed by atoms with Crippen molar-refractivity contribution in [3.63, 3.8) is 0 Å². The van der Waals surface area contributed by atoms with Crippen LogP contribution in [0.4, 0.5) is 0 Å². The van der Waals surface area contributed by atoms with Gasteiger partial charge in [-0.3, -0.25) is 4.79 Å². The summed E-state index contributed by atoms with van der Waals surface area (Å²) < 4.78 is 5.69. The summed E-state index contributed by atoms with van der Waals surface area (Å²) in [5, 5.41) is 2.84. The van der Waals surface area contributed by atoms with E-state index in [4.69, 9.17) is 4.74 Å². The lowest BCUT2D eigenvalue weighted by atomic mass is 10.0. The lowest BCUT2D eigenvalue weighted by Crippen LogP contribution is -2.19. The molecule has 0 spiro atoms. The molecular weight excluding hydrogens is 312 g/mol. The molecule has 122 valence electrons. The van der Waals surface area contributed by atoms with Gasteiger partial charge < -0.3 is 15.0 Å². The van der Waals surface area contributed by atoms with Crippen molar-refractivity contribution in [2.24, 2.45) is 0 Å². The Labute approximate surface area is 142 Å². The van der Waals surface area contributed by atoms with Crippen molar-refractivity contribution in [3.05, 3.63) is 53.6 Å². The number of benzene rings is 2. The molecule has 3 rings (SSSR count). The zero-order chi connectivity index (χ0) is 15.5. The molecule has 0 radical (unpaired) electrons. The molecule has 1 aliphatic rings. The standard InChI is InChI=1S/C18H20N2O2.ClH/c1-20(2)9-10-22-16-7-5-13(6-8-16)14-3-4-15-12-19-18(21)17(15)11-14;/h3-8,11H,9-10,12H2,1-2H3,(H,19,21);1H. The smallest absolute Gasteiger partial charge is 0.251 e. The quantitative estimate of drug-likeness (QED) is 0.915. The summed E-state index contributed by atoms with van der Waals surface area (Å²) in [4.78, 5) is 13.8. The Morgan fingerprint density at radius 3 is 2.48 bits per heavy atom. The van der Waals surface area contributed by atoms with Crippen LogP contribution in [0, 0.1) is 0 Å². The lowest BCUT2D eigenvalue weighted by molar-refractivity contribution is 0.0966. The number of nitrogens with one attached hydrogen (secondary N) is 1. The fourth-order valence-electron chi connectivity index (χ4n) is 2.48. The molecule has 0 atom stereocenters. The number of fused-ring (bicyclic) bond motifs is 1. The zero-order valence-corrected chi connectivity index (χ0v) is 14.2. The van der Waals surface area contributed by atoms with Crippen LogP contribution in [-0.2, 0) is 6.54 Å². The topological polar surface area (TPSA) is 41.6 Å². The molecule has 5 heteroatoms. The van der Waals surface area contributed by atoms with Crippen molar-refractivity contribution >= 4 is 18.3 Å². The normalized spacial score (nSPS) is 12.6. The summed E-state index contributed by atoms with van der Waals surface area (Å²) in [6.45, 7) is 2.19. The van der Waals surface area contributed by atoms with Crippen molar-refractivity contribution in [2.45, 2.75) is 6.54 Å². The van der Waals surface area contributed by atoms with Crippen molar-refractivity contribution in [1.82, 2.24) is 10.2 Å². The summed E-state index contributed by atoms with van der Waals surface area (Å²) >= 11 is 0. The Morgan fingerprint density at radius 1 is 1.09 bits per heavy atom. The van der Waals surface area contributed by atoms with Gasteiger partial charge in [-0.1, -0.05) is 24.3 Å². The molecule has 0 saturated carbocycles. The highest BCUT2D eigenvalue weighted by Gasteiger charge is 2.18. The van der Waals surface area contributed by atoms with Gasteiger partial charge in [-0.25, -0.2) is 0 Å². The summed E-state index contributed by atoms with van der Waals surface area (Å²) in [6.07, 6.45) is 0.